The van der Waals surface area contributed by atoms with E-state index in [-0.39, 0.29) is 25.3 Å². The number of carboxylic acids is 1. The number of hydrogen-bond acceptors (Lipinski definition) is 5. The molecule has 110 valence electrons. The summed E-state index contributed by atoms with van der Waals surface area (Å²) in [6.07, 6.45) is -0.482. The normalized spacial score (nSPS) is 10.1. The number of amides is 1. The van der Waals surface area contributed by atoms with Crippen molar-refractivity contribution < 1.29 is 24.0 Å². The van der Waals surface area contributed by atoms with Gasteiger partial charge in [0, 0.05) is 12.5 Å². The summed E-state index contributed by atoms with van der Waals surface area (Å²) in [4.78, 5) is 22.0. The molecule has 0 spiro atoms. The van der Waals surface area contributed by atoms with Crippen LogP contribution in [0.2, 0.25) is 0 Å². The van der Waals surface area contributed by atoms with Gasteiger partial charge < -0.3 is 14.4 Å². The Balaban J connectivity index is 1.78. The molecular weight excluding hydrogens is 276 g/mol. The van der Waals surface area contributed by atoms with Crippen molar-refractivity contribution in [2.24, 2.45) is 0 Å². The molecule has 2 aromatic rings. The lowest BCUT2D eigenvalue weighted by Gasteiger charge is -2.04. The number of hydrogen-bond donors (Lipinski definition) is 2. The van der Waals surface area contributed by atoms with Gasteiger partial charge in [-0.3, -0.25) is 10.1 Å². The highest BCUT2D eigenvalue weighted by atomic mass is 16.6. The fourth-order valence-corrected chi connectivity index (χ4v) is 1.58. The summed E-state index contributed by atoms with van der Waals surface area (Å²) < 4.78 is 9.87. The minimum Gasteiger partial charge on any atom is -0.481 e. The smallest absolute Gasteiger partial charge is 0.414 e. The van der Waals surface area contributed by atoms with Crippen LogP contribution in [0.15, 0.2) is 40.9 Å². The number of aromatic nitrogens is 1. The second-order valence-corrected chi connectivity index (χ2v) is 4.26. The molecule has 0 bridgehead atoms. The monoisotopic (exact) mass is 290 g/mol. The zero-order valence-corrected chi connectivity index (χ0v) is 11.1. The van der Waals surface area contributed by atoms with E-state index in [2.05, 4.69) is 10.5 Å². The maximum absolute atomic E-state index is 11.5. The van der Waals surface area contributed by atoms with Crippen molar-refractivity contribution in [2.45, 2.75) is 19.4 Å². The lowest BCUT2D eigenvalue weighted by atomic mass is 10.2. The number of carbonyl (C=O) groups is 2. The summed E-state index contributed by atoms with van der Waals surface area (Å²) in [5.74, 6) is -0.803. The van der Waals surface area contributed by atoms with E-state index in [1.807, 2.05) is 30.3 Å². The number of anilines is 1. The molecule has 7 nitrogen and oxygen atoms in total. The number of benzene rings is 1. The molecule has 0 aliphatic carbocycles. The Bertz CT molecular complexity index is 609. The predicted molar refractivity (Wildman–Crippen MR) is 72.7 cm³/mol. The number of rotatable bonds is 6. The third-order valence-corrected chi connectivity index (χ3v) is 2.59. The number of ether oxygens (including phenoxy) is 1. The summed E-state index contributed by atoms with van der Waals surface area (Å²) in [5.41, 5.74) is 1.32. The molecule has 1 heterocycles. The summed E-state index contributed by atoms with van der Waals surface area (Å²) in [6, 6.07) is 10.7. The third kappa shape index (κ3) is 4.98. The van der Waals surface area contributed by atoms with Crippen LogP contribution in [0.4, 0.5) is 10.7 Å². The maximum Gasteiger partial charge on any atom is 0.414 e. The Morgan fingerprint density at radius 2 is 2.05 bits per heavy atom. The molecule has 0 fully saturated rings. The quantitative estimate of drug-likeness (QED) is 0.847. The molecule has 1 amide bonds. The molecule has 0 aliphatic heterocycles. The van der Waals surface area contributed by atoms with Gasteiger partial charge in [-0.15, -0.1) is 0 Å². The van der Waals surface area contributed by atoms with Gasteiger partial charge in [0.2, 0.25) is 5.88 Å². The van der Waals surface area contributed by atoms with E-state index in [9.17, 15) is 9.59 Å². The largest absolute Gasteiger partial charge is 0.481 e. The first-order chi connectivity index (χ1) is 10.1. The Labute approximate surface area is 120 Å². The molecule has 2 N–H and O–H groups in total. The highest BCUT2D eigenvalue weighted by molar-refractivity contribution is 5.82. The van der Waals surface area contributed by atoms with Gasteiger partial charge in [0.05, 0.1) is 12.1 Å². The summed E-state index contributed by atoms with van der Waals surface area (Å²) in [6.45, 7) is 0.146. The summed E-state index contributed by atoms with van der Waals surface area (Å²) >= 11 is 0. The van der Waals surface area contributed by atoms with E-state index in [0.29, 0.717) is 5.69 Å². The Hall–Kier alpha value is -2.83. The van der Waals surface area contributed by atoms with Crippen molar-refractivity contribution >= 4 is 17.9 Å². The van der Waals surface area contributed by atoms with Gasteiger partial charge in [-0.05, 0) is 5.56 Å². The first-order valence-electron chi connectivity index (χ1n) is 6.28. The van der Waals surface area contributed by atoms with E-state index in [0.717, 1.165) is 5.56 Å². The van der Waals surface area contributed by atoms with Crippen molar-refractivity contribution in [3.8, 4) is 0 Å². The second-order valence-electron chi connectivity index (χ2n) is 4.26. The van der Waals surface area contributed by atoms with Crippen LogP contribution in [0.5, 0.6) is 0 Å². The molecule has 1 aromatic heterocycles. The standard InChI is InChI=1S/C14H14N2O5/c17-13(18)7-6-11-8-12(21-16-11)15-14(19)20-9-10-4-2-1-3-5-10/h1-5,8H,6-7,9H2,(H,15,19)(H,17,18). The van der Waals surface area contributed by atoms with Gasteiger partial charge in [0.15, 0.2) is 0 Å². The fourth-order valence-electron chi connectivity index (χ4n) is 1.58. The van der Waals surface area contributed by atoms with Crippen LogP contribution in [0.25, 0.3) is 0 Å². The van der Waals surface area contributed by atoms with Crippen molar-refractivity contribution in [2.75, 3.05) is 5.32 Å². The van der Waals surface area contributed by atoms with Crippen LogP contribution in [-0.2, 0) is 22.6 Å². The van der Waals surface area contributed by atoms with E-state index in [1.54, 1.807) is 0 Å². The van der Waals surface area contributed by atoms with Crippen molar-refractivity contribution in [1.29, 1.82) is 0 Å². The molecule has 0 saturated carbocycles. The lowest BCUT2D eigenvalue weighted by Crippen LogP contribution is -2.12. The molecule has 7 heteroatoms. The number of aryl methyl sites for hydroxylation is 1. The third-order valence-electron chi connectivity index (χ3n) is 2.59. The first kappa shape index (κ1) is 14.6. The van der Waals surface area contributed by atoms with Gasteiger partial charge in [-0.25, -0.2) is 4.79 Å². The zero-order valence-electron chi connectivity index (χ0n) is 11.1. The number of nitrogens with one attached hydrogen (secondary N) is 1. The topological polar surface area (TPSA) is 102 Å². The van der Waals surface area contributed by atoms with Gasteiger partial charge in [-0.1, -0.05) is 35.5 Å². The molecule has 21 heavy (non-hydrogen) atoms. The van der Waals surface area contributed by atoms with Gasteiger partial charge in [-0.2, -0.15) is 0 Å². The van der Waals surface area contributed by atoms with Crippen LogP contribution in [0, 0.1) is 0 Å². The Kier molecular flexibility index (Phi) is 4.92. The van der Waals surface area contributed by atoms with Crippen LogP contribution in [-0.4, -0.2) is 22.3 Å². The zero-order chi connectivity index (χ0) is 15.1. The molecule has 1 aromatic carbocycles. The summed E-state index contributed by atoms with van der Waals surface area (Å²) in [7, 11) is 0. The summed E-state index contributed by atoms with van der Waals surface area (Å²) in [5, 5.41) is 14.6. The van der Waals surface area contributed by atoms with Crippen LogP contribution < -0.4 is 5.32 Å². The lowest BCUT2D eigenvalue weighted by molar-refractivity contribution is -0.136. The van der Waals surface area contributed by atoms with Gasteiger partial charge in [0.1, 0.15) is 6.61 Å². The SMILES string of the molecule is O=C(O)CCc1cc(NC(=O)OCc2ccccc2)on1. The fraction of sp³-hybridized carbons (Fsp3) is 0.214. The molecule has 0 saturated heterocycles. The van der Waals surface area contributed by atoms with Crippen LogP contribution in [0.1, 0.15) is 17.7 Å². The number of carboxylic acid groups (broad SMARTS) is 1. The Morgan fingerprint density at radius 3 is 2.76 bits per heavy atom. The minimum atomic E-state index is -0.921. The van der Waals surface area contributed by atoms with Crippen LogP contribution >= 0.6 is 0 Å². The van der Waals surface area contributed by atoms with E-state index < -0.39 is 12.1 Å². The molecular formula is C14H14N2O5. The van der Waals surface area contributed by atoms with E-state index in [4.69, 9.17) is 14.4 Å². The molecule has 0 radical (unpaired) electrons. The molecule has 2 rings (SSSR count). The average molecular weight is 290 g/mol. The van der Waals surface area contributed by atoms with Crippen molar-refractivity contribution in [3.63, 3.8) is 0 Å². The van der Waals surface area contributed by atoms with E-state index >= 15 is 0 Å². The van der Waals surface area contributed by atoms with Crippen molar-refractivity contribution in [1.82, 2.24) is 5.16 Å². The average Bonchev–Trinajstić information content (AvgIpc) is 2.91. The van der Waals surface area contributed by atoms with E-state index in [1.165, 1.54) is 6.07 Å². The maximum atomic E-state index is 11.5. The number of aliphatic carboxylic acids is 1. The Morgan fingerprint density at radius 1 is 1.29 bits per heavy atom. The van der Waals surface area contributed by atoms with Gasteiger partial charge >= 0.3 is 12.1 Å². The molecule has 0 unspecified atom stereocenters. The highest BCUT2D eigenvalue weighted by Crippen LogP contribution is 2.12. The minimum absolute atomic E-state index is 0.0512. The first-order valence-corrected chi connectivity index (χ1v) is 6.28. The molecule has 0 aliphatic rings. The van der Waals surface area contributed by atoms with Crippen molar-refractivity contribution in [3.05, 3.63) is 47.7 Å². The van der Waals surface area contributed by atoms with Crippen LogP contribution in [0.3, 0.4) is 0 Å². The van der Waals surface area contributed by atoms with Gasteiger partial charge in [0.25, 0.3) is 0 Å². The molecule has 0 atom stereocenters. The second kappa shape index (κ2) is 7.09. The number of nitrogens with zero attached hydrogens (tertiary/aromatic N) is 1. The highest BCUT2D eigenvalue weighted by Gasteiger charge is 2.10. The number of carbonyl (C=O) groups excluding carboxylic acids is 1. The predicted octanol–water partition coefficient (Wildman–Crippen LogP) is 2.44.